The van der Waals surface area contributed by atoms with Crippen molar-refractivity contribution in [2.45, 2.75) is 57.7 Å². The number of alkyl carbamates (subject to hydrolysis) is 1. The van der Waals surface area contributed by atoms with Gasteiger partial charge < -0.3 is 20.1 Å². The molecule has 1 aliphatic rings. The molecule has 0 radical (unpaired) electrons. The molecule has 29 heavy (non-hydrogen) atoms. The topological polar surface area (TPSA) is 93.7 Å². The summed E-state index contributed by atoms with van der Waals surface area (Å²) in [6.07, 6.45) is 3.72. The monoisotopic (exact) mass is 406 g/mol. The molecule has 1 aliphatic heterocycles. The third-order valence-corrected chi connectivity index (χ3v) is 4.05. The molecule has 0 saturated carbocycles. The lowest BCUT2D eigenvalue weighted by Gasteiger charge is -2.24. The summed E-state index contributed by atoms with van der Waals surface area (Å²) >= 11 is 0. The molecule has 1 heterocycles. The Morgan fingerprint density at radius 3 is 2.55 bits per heavy atom. The van der Waals surface area contributed by atoms with Gasteiger partial charge in [-0.25, -0.2) is 14.0 Å². The average molecular weight is 406 g/mol. The van der Waals surface area contributed by atoms with E-state index >= 15 is 0 Å². The minimum absolute atomic E-state index is 0.146. The largest absolute Gasteiger partial charge is 0.462 e. The number of nitrogens with one attached hydrogen (secondary N) is 2. The van der Waals surface area contributed by atoms with Crippen LogP contribution in [0.2, 0.25) is 0 Å². The maximum absolute atomic E-state index is 13.2. The highest BCUT2D eigenvalue weighted by Gasteiger charge is 2.26. The van der Waals surface area contributed by atoms with Gasteiger partial charge in [0.25, 0.3) is 0 Å². The SMILES string of the molecule is CC(C)(C)OC(=O)N[C@@H]1C/C=C/CCC(=O)N[C@H](c2ccc(F)cc2)COC1=O. The van der Waals surface area contributed by atoms with Crippen LogP contribution in [0.3, 0.4) is 0 Å². The number of hydrogen-bond acceptors (Lipinski definition) is 5. The smallest absolute Gasteiger partial charge is 0.408 e. The Morgan fingerprint density at radius 1 is 1.21 bits per heavy atom. The first-order valence-corrected chi connectivity index (χ1v) is 9.50. The van der Waals surface area contributed by atoms with Gasteiger partial charge >= 0.3 is 12.1 Å². The number of ether oxygens (including phenoxy) is 2. The van der Waals surface area contributed by atoms with Gasteiger partial charge in [0.1, 0.15) is 24.1 Å². The van der Waals surface area contributed by atoms with Crippen LogP contribution < -0.4 is 10.6 Å². The third kappa shape index (κ3) is 7.93. The van der Waals surface area contributed by atoms with Crippen LogP contribution in [0.4, 0.5) is 9.18 Å². The Hall–Kier alpha value is -2.90. The number of benzene rings is 1. The second-order valence-electron chi connectivity index (χ2n) is 7.75. The fourth-order valence-electron chi connectivity index (χ4n) is 2.68. The van der Waals surface area contributed by atoms with Crippen LogP contribution >= 0.6 is 0 Å². The highest BCUT2D eigenvalue weighted by molar-refractivity contribution is 5.82. The molecule has 1 aromatic rings. The summed E-state index contributed by atoms with van der Waals surface area (Å²) in [4.78, 5) is 36.7. The van der Waals surface area contributed by atoms with Crippen molar-refractivity contribution in [3.63, 3.8) is 0 Å². The minimum Gasteiger partial charge on any atom is -0.462 e. The minimum atomic E-state index is -0.926. The Morgan fingerprint density at radius 2 is 1.90 bits per heavy atom. The second kappa shape index (κ2) is 10.0. The number of rotatable bonds is 2. The van der Waals surface area contributed by atoms with Gasteiger partial charge in [-0.05, 0) is 51.3 Å². The summed E-state index contributed by atoms with van der Waals surface area (Å²) in [7, 11) is 0. The normalized spacial score (nSPS) is 22.3. The van der Waals surface area contributed by atoms with Crippen LogP contribution in [0.5, 0.6) is 0 Å². The van der Waals surface area contributed by atoms with Crippen molar-refractivity contribution < 1.29 is 28.2 Å². The highest BCUT2D eigenvalue weighted by Crippen LogP contribution is 2.16. The lowest BCUT2D eigenvalue weighted by molar-refractivity contribution is -0.147. The number of amides is 2. The summed E-state index contributed by atoms with van der Waals surface area (Å²) in [5, 5.41) is 5.32. The molecule has 2 atom stereocenters. The molecule has 158 valence electrons. The van der Waals surface area contributed by atoms with Crippen LogP contribution in [-0.4, -0.2) is 36.2 Å². The highest BCUT2D eigenvalue weighted by atomic mass is 19.1. The zero-order valence-corrected chi connectivity index (χ0v) is 16.9. The van der Waals surface area contributed by atoms with Crippen molar-refractivity contribution >= 4 is 18.0 Å². The molecule has 0 fully saturated rings. The lowest BCUT2D eigenvalue weighted by Crippen LogP contribution is -2.44. The van der Waals surface area contributed by atoms with E-state index in [-0.39, 0.29) is 25.4 Å². The summed E-state index contributed by atoms with van der Waals surface area (Å²) in [6.45, 7) is 5.03. The van der Waals surface area contributed by atoms with E-state index in [1.807, 2.05) is 0 Å². The number of esters is 1. The summed E-state index contributed by atoms with van der Waals surface area (Å²) in [5.74, 6) is -1.26. The number of hydrogen-bond donors (Lipinski definition) is 2. The molecular formula is C21H27FN2O5. The van der Waals surface area contributed by atoms with Gasteiger partial charge in [0.15, 0.2) is 0 Å². The van der Waals surface area contributed by atoms with Gasteiger partial charge in [-0.3, -0.25) is 4.79 Å². The van der Waals surface area contributed by atoms with Crippen LogP contribution in [0.1, 0.15) is 51.6 Å². The van der Waals surface area contributed by atoms with Gasteiger partial charge in [0.2, 0.25) is 5.91 Å². The van der Waals surface area contributed by atoms with Crippen LogP contribution in [0.15, 0.2) is 36.4 Å². The van der Waals surface area contributed by atoms with E-state index < -0.39 is 35.6 Å². The number of carbonyl (C=O) groups is 3. The summed E-state index contributed by atoms with van der Waals surface area (Å²) < 4.78 is 23.8. The van der Waals surface area contributed by atoms with E-state index in [4.69, 9.17) is 9.47 Å². The van der Waals surface area contributed by atoms with Crippen LogP contribution in [0.25, 0.3) is 0 Å². The first-order valence-electron chi connectivity index (χ1n) is 9.50. The molecule has 2 rings (SSSR count). The molecule has 0 unspecified atom stereocenters. The number of carbonyl (C=O) groups excluding carboxylic acids is 3. The van der Waals surface area contributed by atoms with Crippen LogP contribution in [0, 0.1) is 5.82 Å². The molecule has 1 aromatic carbocycles. The molecule has 0 spiro atoms. The second-order valence-corrected chi connectivity index (χ2v) is 7.75. The van der Waals surface area contributed by atoms with Gasteiger partial charge in [-0.2, -0.15) is 0 Å². The predicted octanol–water partition coefficient (Wildman–Crippen LogP) is 3.16. The third-order valence-electron chi connectivity index (χ3n) is 4.05. The molecule has 2 amide bonds. The maximum Gasteiger partial charge on any atom is 0.408 e. The van der Waals surface area contributed by atoms with Gasteiger partial charge in [0, 0.05) is 6.42 Å². The van der Waals surface area contributed by atoms with E-state index in [2.05, 4.69) is 10.6 Å². The first-order chi connectivity index (χ1) is 13.6. The van der Waals surface area contributed by atoms with Gasteiger partial charge in [-0.15, -0.1) is 0 Å². The molecule has 0 aromatic heterocycles. The summed E-state index contributed by atoms with van der Waals surface area (Å²) in [6, 6.07) is 4.04. The summed E-state index contributed by atoms with van der Waals surface area (Å²) in [5.41, 5.74) is -0.0931. The predicted molar refractivity (Wildman–Crippen MR) is 104 cm³/mol. The molecule has 8 heteroatoms. The lowest BCUT2D eigenvalue weighted by atomic mass is 10.1. The molecule has 2 N–H and O–H groups in total. The van der Waals surface area contributed by atoms with Gasteiger partial charge in [-0.1, -0.05) is 24.3 Å². The van der Waals surface area contributed by atoms with Crippen molar-refractivity contribution in [3.05, 3.63) is 47.8 Å². The Balaban J connectivity index is 2.13. The first kappa shape index (κ1) is 22.4. The molecular weight excluding hydrogens is 379 g/mol. The molecule has 7 nitrogen and oxygen atoms in total. The van der Waals surface area contributed by atoms with Crippen LogP contribution in [-0.2, 0) is 19.1 Å². The van der Waals surface area contributed by atoms with Crippen molar-refractivity contribution in [2.24, 2.45) is 0 Å². The number of cyclic esters (lactones) is 1. The molecule has 0 bridgehead atoms. The molecule has 0 aliphatic carbocycles. The quantitative estimate of drug-likeness (QED) is 0.581. The maximum atomic E-state index is 13.2. The van der Waals surface area contributed by atoms with E-state index in [9.17, 15) is 18.8 Å². The Kier molecular flexibility index (Phi) is 7.75. The Labute approximate surface area is 169 Å². The zero-order valence-electron chi connectivity index (χ0n) is 16.9. The number of halogens is 1. The molecule has 0 saturated heterocycles. The number of allylic oxidation sites excluding steroid dienone is 1. The van der Waals surface area contributed by atoms with Gasteiger partial charge in [0.05, 0.1) is 6.04 Å². The standard InChI is InChI=1S/C21H27FN2O5/c1-21(2,3)29-20(27)24-16-7-5-4-6-8-18(25)23-17(13-28-19(16)26)14-9-11-15(22)12-10-14/h4-5,9-12,16-17H,6-8,13H2,1-3H3,(H,23,25)(H,24,27)/b5-4+/t16-,17+/m1/s1. The Bertz CT molecular complexity index is 755. The zero-order chi connectivity index (χ0) is 21.4. The fraction of sp³-hybridized carbons (Fsp3) is 0.476. The van der Waals surface area contributed by atoms with Crippen molar-refractivity contribution in [1.82, 2.24) is 10.6 Å². The van der Waals surface area contributed by atoms with E-state index in [0.717, 1.165) is 0 Å². The van der Waals surface area contributed by atoms with E-state index in [1.54, 1.807) is 32.9 Å². The van der Waals surface area contributed by atoms with E-state index in [0.29, 0.717) is 12.0 Å². The average Bonchev–Trinajstić information content (AvgIpc) is 2.62. The van der Waals surface area contributed by atoms with Crippen molar-refractivity contribution in [3.8, 4) is 0 Å². The fourth-order valence-corrected chi connectivity index (χ4v) is 2.68. The van der Waals surface area contributed by atoms with Crippen molar-refractivity contribution in [2.75, 3.05) is 6.61 Å². The van der Waals surface area contributed by atoms with Crippen molar-refractivity contribution in [1.29, 1.82) is 0 Å². The van der Waals surface area contributed by atoms with E-state index in [1.165, 1.54) is 24.3 Å².